The number of aryl methyl sites for hydroxylation is 1. The van der Waals surface area contributed by atoms with Crippen molar-refractivity contribution in [3.63, 3.8) is 0 Å². The number of aromatic nitrogens is 8. The van der Waals surface area contributed by atoms with Gasteiger partial charge in [-0.25, -0.2) is 14.2 Å². The maximum Gasteiger partial charge on any atom is 0.329 e. The Morgan fingerprint density at radius 2 is 1.67 bits per heavy atom. The van der Waals surface area contributed by atoms with Crippen LogP contribution in [0.5, 0.6) is 5.75 Å². The van der Waals surface area contributed by atoms with Crippen LogP contribution in [0.25, 0.3) is 27.7 Å². The molecule has 3 fully saturated rings. The highest BCUT2D eigenvalue weighted by Gasteiger charge is 2.31. The van der Waals surface area contributed by atoms with Gasteiger partial charge in [-0.1, -0.05) is 0 Å². The minimum absolute atomic E-state index is 0.236. The van der Waals surface area contributed by atoms with Crippen molar-refractivity contribution in [2.45, 2.75) is 57.2 Å². The molecule has 16 nitrogen and oxygen atoms in total. The molecule has 0 saturated carbocycles. The Morgan fingerprint density at radius 3 is 2.44 bits per heavy atom. The van der Waals surface area contributed by atoms with Crippen molar-refractivity contribution < 1.29 is 18.7 Å². The number of hydrogen-bond donors (Lipinski definition) is 2. The number of likely N-dealkylation sites (tertiary alicyclic amines) is 1. The number of pyridine rings is 1. The Kier molecular flexibility index (Phi) is 9.52. The van der Waals surface area contributed by atoms with E-state index < -0.39 is 12.1 Å². The molecule has 3 aliphatic heterocycles. The third-order valence-corrected chi connectivity index (χ3v) is 11.5. The zero-order valence-electron chi connectivity index (χ0n) is 31.8. The highest BCUT2D eigenvalue weighted by Crippen LogP contribution is 2.35. The number of urea groups is 1. The molecule has 57 heavy (non-hydrogen) atoms. The largest absolute Gasteiger partial charge is 0.482 e. The molecule has 294 valence electrons. The predicted molar refractivity (Wildman–Crippen MR) is 212 cm³/mol. The van der Waals surface area contributed by atoms with Gasteiger partial charge in [0.15, 0.2) is 17.4 Å². The smallest absolute Gasteiger partial charge is 0.329 e. The number of carbonyl (C=O) groups is 2. The van der Waals surface area contributed by atoms with E-state index in [-0.39, 0.29) is 24.0 Å². The summed E-state index contributed by atoms with van der Waals surface area (Å²) in [5, 5.41) is 21.1. The van der Waals surface area contributed by atoms with Gasteiger partial charge in [-0.05, 0) is 75.1 Å². The van der Waals surface area contributed by atoms with E-state index in [4.69, 9.17) is 15.6 Å². The molecule has 0 spiro atoms. The Bertz CT molecular complexity index is 2430. The first-order chi connectivity index (χ1) is 27.7. The number of anilines is 3. The number of fused-ring (bicyclic) bond motifs is 1. The third kappa shape index (κ3) is 7.14. The number of rotatable bonds is 9. The summed E-state index contributed by atoms with van der Waals surface area (Å²) >= 11 is 0. The van der Waals surface area contributed by atoms with Gasteiger partial charge in [-0.3, -0.25) is 24.4 Å². The van der Waals surface area contributed by atoms with E-state index in [2.05, 4.69) is 58.4 Å². The van der Waals surface area contributed by atoms with Gasteiger partial charge in [0, 0.05) is 92.4 Å². The fourth-order valence-corrected chi connectivity index (χ4v) is 8.42. The Balaban J connectivity index is 0.801. The Hall–Kier alpha value is -6.36. The predicted octanol–water partition coefficient (Wildman–Crippen LogP) is 5.03. The summed E-state index contributed by atoms with van der Waals surface area (Å²) in [6, 6.07) is 13.0. The summed E-state index contributed by atoms with van der Waals surface area (Å²) in [5.41, 5.74) is 11.3. The molecule has 7 heterocycles. The minimum Gasteiger partial charge on any atom is -0.482 e. The molecular weight excluding hydrogens is 730 g/mol. The molecule has 9 rings (SSSR count). The number of benzene rings is 2. The summed E-state index contributed by atoms with van der Waals surface area (Å²) in [4.78, 5) is 36.7. The second-order valence-corrected chi connectivity index (χ2v) is 15.0. The minimum atomic E-state index is -0.571. The van der Waals surface area contributed by atoms with Crippen LogP contribution < -0.4 is 25.6 Å². The number of nitrogens with two attached hydrogens (primary N) is 1. The van der Waals surface area contributed by atoms with Crippen LogP contribution in [0.4, 0.5) is 26.5 Å². The molecule has 0 radical (unpaired) electrons. The van der Waals surface area contributed by atoms with Gasteiger partial charge in [-0.2, -0.15) is 25.2 Å². The van der Waals surface area contributed by atoms with Crippen molar-refractivity contribution in [1.29, 1.82) is 0 Å². The standard InChI is InChI=1S/C40H44FN13O3/c1-25(33-20-28(41)3-6-34(33)54-44-12-13-45-54)57-36-19-26(22-43-38(36)42)27-23-46-53(24-27)30-9-16-50(17-10-30)29-7-14-51(15-8-29)31-4-5-32-35(21-31)49(2)48-39(32)52-18-11-37(55)47-40(52)56/h3-6,12-13,19-25,29-30H,7-11,14-18H2,1-2H3,(H2,42,43)(H,47,55,56)/t25-/m1/s1. The van der Waals surface area contributed by atoms with Crippen LogP contribution in [0.3, 0.4) is 0 Å². The van der Waals surface area contributed by atoms with Gasteiger partial charge < -0.3 is 20.3 Å². The van der Waals surface area contributed by atoms with Crippen molar-refractivity contribution in [3.05, 3.63) is 84.8 Å². The van der Waals surface area contributed by atoms with Gasteiger partial charge in [0.05, 0.1) is 35.8 Å². The summed E-state index contributed by atoms with van der Waals surface area (Å²) < 4.78 is 24.5. The van der Waals surface area contributed by atoms with Crippen LogP contribution in [0.15, 0.2) is 73.4 Å². The van der Waals surface area contributed by atoms with E-state index in [0.717, 1.165) is 79.6 Å². The third-order valence-electron chi connectivity index (χ3n) is 11.5. The lowest BCUT2D eigenvalue weighted by molar-refractivity contribution is -0.120. The van der Waals surface area contributed by atoms with Crippen LogP contribution in [-0.4, -0.2) is 95.1 Å². The molecule has 4 aromatic heterocycles. The number of hydrogen-bond acceptors (Lipinski definition) is 11. The van der Waals surface area contributed by atoms with Gasteiger partial charge in [0.1, 0.15) is 11.9 Å². The number of ether oxygens (including phenoxy) is 1. The molecule has 3 amide bonds. The van der Waals surface area contributed by atoms with Gasteiger partial charge >= 0.3 is 6.03 Å². The summed E-state index contributed by atoms with van der Waals surface area (Å²) in [6.07, 6.45) is 12.6. The molecule has 6 aromatic rings. The molecule has 1 atom stereocenters. The number of nitrogen functional groups attached to an aromatic ring is 1. The molecule has 2 aromatic carbocycles. The summed E-state index contributed by atoms with van der Waals surface area (Å²) in [7, 11) is 1.89. The molecule has 3 aliphatic rings. The first-order valence-corrected chi connectivity index (χ1v) is 19.4. The number of nitrogens with zero attached hydrogens (tertiary/aromatic N) is 11. The van der Waals surface area contributed by atoms with Crippen LogP contribution in [0.1, 0.15) is 56.7 Å². The van der Waals surface area contributed by atoms with Crippen molar-refractivity contribution in [1.82, 2.24) is 49.8 Å². The van der Waals surface area contributed by atoms with Crippen LogP contribution in [0, 0.1) is 5.82 Å². The molecular formula is C40H44FN13O3. The number of nitrogens with one attached hydrogen (secondary N) is 1. The number of imide groups is 1. The number of amides is 3. The molecule has 0 bridgehead atoms. The second-order valence-electron chi connectivity index (χ2n) is 15.0. The molecule has 0 unspecified atom stereocenters. The van der Waals surface area contributed by atoms with Gasteiger partial charge in [0.25, 0.3) is 0 Å². The van der Waals surface area contributed by atoms with Gasteiger partial charge in [0.2, 0.25) is 5.91 Å². The van der Waals surface area contributed by atoms with Gasteiger partial charge in [-0.15, -0.1) is 0 Å². The zero-order chi connectivity index (χ0) is 39.2. The lowest BCUT2D eigenvalue weighted by Gasteiger charge is -2.42. The van der Waals surface area contributed by atoms with E-state index in [1.165, 1.54) is 16.9 Å². The number of piperidine rings is 2. The fraction of sp³-hybridized carbons (Fsp3) is 0.375. The SMILES string of the molecule is C[C@@H](Oc1cc(-c2cnn(C3CCN(C4CCN(c5ccc6c(N7CCC(=O)NC7=O)nn(C)c6c5)CC4)CC3)c2)cnc1N)c1cc(F)ccc1-n1nccn1. The average molecular weight is 774 g/mol. The normalized spacial score (nSPS) is 18.0. The van der Waals surface area contributed by atoms with E-state index in [9.17, 15) is 14.0 Å². The highest BCUT2D eigenvalue weighted by atomic mass is 19.1. The maximum absolute atomic E-state index is 14.3. The monoisotopic (exact) mass is 773 g/mol. The van der Waals surface area contributed by atoms with Crippen molar-refractivity contribution >= 4 is 40.2 Å². The van der Waals surface area contributed by atoms with E-state index in [1.807, 2.05) is 37.0 Å². The first-order valence-electron chi connectivity index (χ1n) is 19.4. The molecule has 0 aliphatic carbocycles. The lowest BCUT2D eigenvalue weighted by atomic mass is 9.97. The highest BCUT2D eigenvalue weighted by molar-refractivity contribution is 6.09. The fourth-order valence-electron chi connectivity index (χ4n) is 8.42. The van der Waals surface area contributed by atoms with Crippen LogP contribution >= 0.6 is 0 Å². The first kappa shape index (κ1) is 36.3. The number of carbonyl (C=O) groups excluding carboxylic acids is 2. The van der Waals surface area contributed by atoms with Crippen molar-refractivity contribution in [2.24, 2.45) is 7.05 Å². The van der Waals surface area contributed by atoms with E-state index >= 15 is 0 Å². The van der Waals surface area contributed by atoms with E-state index in [0.29, 0.717) is 41.4 Å². The van der Waals surface area contributed by atoms with Crippen LogP contribution in [0.2, 0.25) is 0 Å². The summed E-state index contributed by atoms with van der Waals surface area (Å²) in [6.45, 7) is 6.10. The molecule has 17 heteroatoms. The molecule has 3 N–H and O–H groups in total. The maximum atomic E-state index is 14.3. The topological polar surface area (TPSA) is 170 Å². The van der Waals surface area contributed by atoms with Crippen molar-refractivity contribution in [3.8, 4) is 22.6 Å². The second kappa shape index (κ2) is 14.9. The summed E-state index contributed by atoms with van der Waals surface area (Å²) in [5.74, 6) is 0.556. The Morgan fingerprint density at radius 1 is 0.895 bits per heavy atom. The lowest BCUT2D eigenvalue weighted by Crippen LogP contribution is -2.49. The van der Waals surface area contributed by atoms with Crippen LogP contribution in [-0.2, 0) is 11.8 Å². The van der Waals surface area contributed by atoms with Crippen molar-refractivity contribution in [2.75, 3.05) is 48.3 Å². The average Bonchev–Trinajstić information content (AvgIpc) is 4.01. The molecule has 3 saturated heterocycles. The number of halogens is 1. The van der Waals surface area contributed by atoms with E-state index in [1.54, 1.807) is 29.6 Å². The Labute approximate surface area is 328 Å². The quantitative estimate of drug-likeness (QED) is 0.202. The zero-order valence-corrected chi connectivity index (χ0v) is 31.8.